The molecule has 0 atom stereocenters. The molecule has 64 valence electrons. The van der Waals surface area contributed by atoms with Gasteiger partial charge in [-0.25, -0.2) is 4.79 Å². The second kappa shape index (κ2) is 3.74. The van der Waals surface area contributed by atoms with Crippen molar-refractivity contribution in [2.45, 2.75) is 6.92 Å². The van der Waals surface area contributed by atoms with Crippen LogP contribution in [0.5, 0.6) is 0 Å². The summed E-state index contributed by atoms with van der Waals surface area (Å²) in [6.45, 7) is 1.89. The fraction of sp³-hybridized carbons (Fsp3) is 0.125. The fourth-order valence-corrected chi connectivity index (χ4v) is 2.16. The van der Waals surface area contributed by atoms with Crippen LogP contribution in [0.3, 0.4) is 0 Å². The van der Waals surface area contributed by atoms with Gasteiger partial charge in [0.05, 0.1) is 5.56 Å². The highest BCUT2D eigenvalue weighted by molar-refractivity contribution is 14.1. The summed E-state index contributed by atoms with van der Waals surface area (Å²) < 4.78 is 1.73. The van der Waals surface area contributed by atoms with Crippen LogP contribution < -0.4 is 0 Å². The predicted molar refractivity (Wildman–Crippen MR) is 58.6 cm³/mol. The molecule has 0 bridgehead atoms. The zero-order valence-electron chi connectivity index (χ0n) is 6.27. The average Bonchev–Trinajstić information content (AvgIpc) is 2.00. The zero-order valence-corrected chi connectivity index (χ0v) is 10.0. The summed E-state index contributed by atoms with van der Waals surface area (Å²) in [7, 11) is 0. The third-order valence-corrected chi connectivity index (χ3v) is 3.74. The summed E-state index contributed by atoms with van der Waals surface area (Å²) in [5.41, 5.74) is 1.28. The van der Waals surface area contributed by atoms with Crippen LogP contribution >= 0.6 is 38.5 Å². The van der Waals surface area contributed by atoms with Crippen molar-refractivity contribution in [1.29, 1.82) is 0 Å². The molecule has 0 unspecified atom stereocenters. The molecule has 4 heteroatoms. The van der Waals surface area contributed by atoms with E-state index in [1.807, 2.05) is 6.92 Å². The lowest BCUT2D eigenvalue weighted by atomic mass is 10.1. The molecule has 1 aromatic rings. The van der Waals surface area contributed by atoms with Gasteiger partial charge in [0.25, 0.3) is 0 Å². The quantitative estimate of drug-likeness (QED) is 0.798. The van der Waals surface area contributed by atoms with E-state index >= 15 is 0 Å². The van der Waals surface area contributed by atoms with Gasteiger partial charge in [0.15, 0.2) is 0 Å². The normalized spacial score (nSPS) is 9.92. The largest absolute Gasteiger partial charge is 0.478 e. The van der Waals surface area contributed by atoms with E-state index in [9.17, 15) is 4.79 Å². The van der Waals surface area contributed by atoms with Gasteiger partial charge >= 0.3 is 5.97 Å². The summed E-state index contributed by atoms with van der Waals surface area (Å²) in [4.78, 5) is 10.7. The van der Waals surface area contributed by atoms with Crippen molar-refractivity contribution in [2.24, 2.45) is 0 Å². The summed E-state index contributed by atoms with van der Waals surface area (Å²) in [5.74, 6) is -0.902. The molecule has 12 heavy (non-hydrogen) atoms. The predicted octanol–water partition coefficient (Wildman–Crippen LogP) is 3.06. The molecule has 0 amide bonds. The molecule has 0 aliphatic carbocycles. The number of hydrogen-bond donors (Lipinski definition) is 1. The van der Waals surface area contributed by atoms with E-state index in [4.69, 9.17) is 5.11 Å². The van der Waals surface area contributed by atoms with Gasteiger partial charge in [0.2, 0.25) is 0 Å². The molecule has 0 fully saturated rings. The molecule has 0 saturated carbocycles. The van der Waals surface area contributed by atoms with Gasteiger partial charge in [0, 0.05) is 8.04 Å². The molecular formula is C8H6BrIO2. The van der Waals surface area contributed by atoms with Crippen LogP contribution in [-0.2, 0) is 0 Å². The van der Waals surface area contributed by atoms with Gasteiger partial charge in [-0.15, -0.1) is 0 Å². The van der Waals surface area contributed by atoms with Crippen molar-refractivity contribution in [2.75, 3.05) is 0 Å². The molecule has 0 saturated heterocycles. The van der Waals surface area contributed by atoms with E-state index in [-0.39, 0.29) is 0 Å². The van der Waals surface area contributed by atoms with Gasteiger partial charge in [-0.3, -0.25) is 0 Å². The van der Waals surface area contributed by atoms with Crippen LogP contribution in [0.1, 0.15) is 15.9 Å². The monoisotopic (exact) mass is 340 g/mol. The Bertz CT molecular complexity index is 336. The Kier molecular flexibility index (Phi) is 3.11. The van der Waals surface area contributed by atoms with Crippen LogP contribution in [0.15, 0.2) is 16.6 Å². The molecule has 0 spiro atoms. The van der Waals surface area contributed by atoms with Crippen molar-refractivity contribution < 1.29 is 9.90 Å². The van der Waals surface area contributed by atoms with E-state index < -0.39 is 5.97 Å². The topological polar surface area (TPSA) is 37.3 Å². The molecule has 1 N–H and O–H groups in total. The first-order valence-corrected chi connectivity index (χ1v) is 5.09. The van der Waals surface area contributed by atoms with Crippen LogP contribution in [-0.4, -0.2) is 11.1 Å². The summed E-state index contributed by atoms with van der Waals surface area (Å²) in [6.07, 6.45) is 0. The first-order valence-electron chi connectivity index (χ1n) is 3.22. The number of hydrogen-bond acceptors (Lipinski definition) is 1. The van der Waals surface area contributed by atoms with Crippen LogP contribution in [0, 0.1) is 10.5 Å². The van der Waals surface area contributed by atoms with E-state index in [1.165, 1.54) is 0 Å². The van der Waals surface area contributed by atoms with E-state index in [0.29, 0.717) is 10.0 Å². The minimum Gasteiger partial charge on any atom is -0.478 e. The number of carboxylic acid groups (broad SMARTS) is 1. The minimum atomic E-state index is -0.902. The molecule has 0 aliphatic heterocycles. The standard InChI is InChI=1S/C8H6BrIO2/c1-4-6(10)3-2-5(7(4)9)8(11)12/h2-3H,1H3,(H,11,12). The van der Waals surface area contributed by atoms with Crippen molar-refractivity contribution >= 4 is 44.5 Å². The number of rotatable bonds is 1. The Hall–Kier alpha value is -0.100. The Labute approximate surface area is 92.2 Å². The van der Waals surface area contributed by atoms with Gasteiger partial charge in [-0.2, -0.15) is 0 Å². The van der Waals surface area contributed by atoms with Gasteiger partial charge < -0.3 is 5.11 Å². The summed E-state index contributed by atoms with van der Waals surface area (Å²) >= 11 is 5.41. The first kappa shape index (κ1) is 9.98. The Morgan fingerprint density at radius 1 is 1.58 bits per heavy atom. The number of carbonyl (C=O) groups is 1. The van der Waals surface area contributed by atoms with Gasteiger partial charge in [-0.1, -0.05) is 0 Å². The number of aromatic carboxylic acids is 1. The molecular weight excluding hydrogens is 335 g/mol. The van der Waals surface area contributed by atoms with E-state index in [1.54, 1.807) is 12.1 Å². The number of benzene rings is 1. The molecule has 0 radical (unpaired) electrons. The molecule has 0 aliphatic rings. The second-order valence-corrected chi connectivity index (χ2v) is 4.29. The molecule has 0 heterocycles. The smallest absolute Gasteiger partial charge is 0.336 e. The molecule has 1 aromatic carbocycles. The third-order valence-electron chi connectivity index (χ3n) is 1.55. The molecule has 2 nitrogen and oxygen atoms in total. The van der Waals surface area contributed by atoms with Crippen molar-refractivity contribution in [3.05, 3.63) is 31.3 Å². The highest BCUT2D eigenvalue weighted by Gasteiger charge is 2.11. The minimum absolute atomic E-state index is 0.313. The van der Waals surface area contributed by atoms with Gasteiger partial charge in [-0.05, 0) is 63.1 Å². The second-order valence-electron chi connectivity index (χ2n) is 2.34. The van der Waals surface area contributed by atoms with Crippen molar-refractivity contribution in [3.8, 4) is 0 Å². The lowest BCUT2D eigenvalue weighted by Crippen LogP contribution is -1.99. The lowest BCUT2D eigenvalue weighted by Gasteiger charge is -2.04. The highest BCUT2D eigenvalue weighted by atomic mass is 127. The maximum absolute atomic E-state index is 10.7. The van der Waals surface area contributed by atoms with Crippen molar-refractivity contribution in [1.82, 2.24) is 0 Å². The average molecular weight is 341 g/mol. The maximum atomic E-state index is 10.7. The summed E-state index contributed by atoms with van der Waals surface area (Å²) in [5, 5.41) is 8.75. The zero-order chi connectivity index (χ0) is 9.30. The first-order chi connectivity index (χ1) is 5.54. The van der Waals surface area contributed by atoms with Crippen LogP contribution in [0.25, 0.3) is 0 Å². The Balaban J connectivity index is 3.36. The number of halogens is 2. The Morgan fingerprint density at radius 3 is 2.67 bits per heavy atom. The van der Waals surface area contributed by atoms with E-state index in [0.717, 1.165) is 9.13 Å². The third kappa shape index (κ3) is 1.80. The van der Waals surface area contributed by atoms with Crippen LogP contribution in [0.2, 0.25) is 0 Å². The number of carboxylic acids is 1. The van der Waals surface area contributed by atoms with Crippen LogP contribution in [0.4, 0.5) is 0 Å². The Morgan fingerprint density at radius 2 is 2.17 bits per heavy atom. The van der Waals surface area contributed by atoms with E-state index in [2.05, 4.69) is 38.5 Å². The van der Waals surface area contributed by atoms with Crippen molar-refractivity contribution in [3.63, 3.8) is 0 Å². The maximum Gasteiger partial charge on any atom is 0.336 e. The summed E-state index contributed by atoms with van der Waals surface area (Å²) in [6, 6.07) is 3.39. The SMILES string of the molecule is Cc1c(I)ccc(C(=O)O)c1Br. The molecule has 0 aromatic heterocycles. The molecule has 1 rings (SSSR count). The van der Waals surface area contributed by atoms with Gasteiger partial charge in [0.1, 0.15) is 0 Å². The fourth-order valence-electron chi connectivity index (χ4n) is 0.827. The lowest BCUT2D eigenvalue weighted by molar-refractivity contribution is 0.0696. The highest BCUT2D eigenvalue weighted by Crippen LogP contribution is 2.25.